The van der Waals surface area contributed by atoms with Gasteiger partial charge in [0.1, 0.15) is 5.82 Å². The van der Waals surface area contributed by atoms with E-state index in [0.717, 1.165) is 26.9 Å². The van der Waals surface area contributed by atoms with E-state index in [0.29, 0.717) is 12.1 Å². The van der Waals surface area contributed by atoms with Gasteiger partial charge in [0.2, 0.25) is 0 Å². The maximum absolute atomic E-state index is 12.2. The van der Waals surface area contributed by atoms with E-state index in [-0.39, 0.29) is 5.91 Å². The SMILES string of the molecule is Cc1ccc(C(=O)NCc2nc3ccccc3[nH]2)c(Br)c1. The number of imidazole rings is 1. The number of nitrogens with one attached hydrogen (secondary N) is 2. The van der Waals surface area contributed by atoms with E-state index < -0.39 is 0 Å². The Hall–Kier alpha value is -2.14. The summed E-state index contributed by atoms with van der Waals surface area (Å²) in [5.74, 6) is 0.620. The number of H-pyrrole nitrogens is 1. The molecular formula is C16H14BrN3O. The Morgan fingerprint density at radius 1 is 1.29 bits per heavy atom. The summed E-state index contributed by atoms with van der Waals surface area (Å²) in [6.07, 6.45) is 0. The Labute approximate surface area is 130 Å². The minimum Gasteiger partial charge on any atom is -0.345 e. The molecule has 3 rings (SSSR count). The summed E-state index contributed by atoms with van der Waals surface area (Å²) >= 11 is 3.42. The van der Waals surface area contributed by atoms with Crippen molar-refractivity contribution < 1.29 is 4.79 Å². The molecule has 0 aliphatic carbocycles. The molecule has 2 aromatic carbocycles. The molecule has 0 aliphatic rings. The van der Waals surface area contributed by atoms with Crippen LogP contribution in [0.3, 0.4) is 0 Å². The highest BCUT2D eigenvalue weighted by Crippen LogP contribution is 2.18. The molecule has 0 unspecified atom stereocenters. The summed E-state index contributed by atoms with van der Waals surface area (Å²) in [6, 6.07) is 13.4. The lowest BCUT2D eigenvalue weighted by molar-refractivity contribution is 0.0949. The Kier molecular flexibility index (Phi) is 3.75. The number of benzene rings is 2. The van der Waals surface area contributed by atoms with E-state index in [2.05, 4.69) is 31.2 Å². The van der Waals surface area contributed by atoms with Crippen LogP contribution in [-0.4, -0.2) is 15.9 Å². The van der Waals surface area contributed by atoms with Crippen LogP contribution in [0.15, 0.2) is 46.9 Å². The zero-order valence-corrected chi connectivity index (χ0v) is 13.1. The fraction of sp³-hybridized carbons (Fsp3) is 0.125. The molecular weight excluding hydrogens is 330 g/mol. The van der Waals surface area contributed by atoms with Gasteiger partial charge < -0.3 is 10.3 Å². The van der Waals surface area contributed by atoms with Crippen LogP contribution in [0.2, 0.25) is 0 Å². The fourth-order valence-corrected chi connectivity index (χ4v) is 2.83. The van der Waals surface area contributed by atoms with Gasteiger partial charge in [-0.1, -0.05) is 18.2 Å². The number of fused-ring (bicyclic) bond motifs is 1. The highest BCUT2D eigenvalue weighted by Gasteiger charge is 2.10. The van der Waals surface area contributed by atoms with Gasteiger partial charge in [-0.15, -0.1) is 0 Å². The predicted octanol–water partition coefficient (Wildman–Crippen LogP) is 3.56. The number of aromatic amines is 1. The molecule has 3 aromatic rings. The molecule has 0 bridgehead atoms. The van der Waals surface area contributed by atoms with Crippen LogP contribution in [0, 0.1) is 6.92 Å². The number of rotatable bonds is 3. The fourth-order valence-electron chi connectivity index (χ4n) is 2.15. The second kappa shape index (κ2) is 5.69. The molecule has 106 valence electrons. The van der Waals surface area contributed by atoms with Crippen molar-refractivity contribution in [1.29, 1.82) is 0 Å². The molecule has 0 atom stereocenters. The van der Waals surface area contributed by atoms with Crippen molar-refractivity contribution in [2.45, 2.75) is 13.5 Å². The molecule has 0 aliphatic heterocycles. The third-order valence-corrected chi connectivity index (χ3v) is 3.88. The number of carbonyl (C=O) groups is 1. The lowest BCUT2D eigenvalue weighted by atomic mass is 10.1. The highest BCUT2D eigenvalue weighted by atomic mass is 79.9. The molecule has 2 N–H and O–H groups in total. The minimum absolute atomic E-state index is 0.123. The summed E-state index contributed by atoms with van der Waals surface area (Å²) in [7, 11) is 0. The molecule has 4 nitrogen and oxygen atoms in total. The first kappa shape index (κ1) is 13.8. The number of amides is 1. The molecule has 0 saturated heterocycles. The zero-order chi connectivity index (χ0) is 14.8. The van der Waals surface area contributed by atoms with Crippen LogP contribution in [0.1, 0.15) is 21.7 Å². The van der Waals surface area contributed by atoms with Gasteiger partial charge in [-0.05, 0) is 52.7 Å². The van der Waals surface area contributed by atoms with Crippen molar-refractivity contribution >= 4 is 32.9 Å². The van der Waals surface area contributed by atoms with Gasteiger partial charge in [0.05, 0.1) is 23.1 Å². The van der Waals surface area contributed by atoms with Crippen LogP contribution in [0.4, 0.5) is 0 Å². The average molecular weight is 344 g/mol. The number of carbonyl (C=O) groups excluding carboxylic acids is 1. The third kappa shape index (κ3) is 2.97. The van der Waals surface area contributed by atoms with Gasteiger partial charge in [-0.25, -0.2) is 4.98 Å². The van der Waals surface area contributed by atoms with Gasteiger partial charge in [-0.2, -0.15) is 0 Å². The van der Waals surface area contributed by atoms with E-state index in [1.807, 2.05) is 49.4 Å². The Bertz CT molecular complexity index is 777. The first-order chi connectivity index (χ1) is 10.1. The summed E-state index contributed by atoms with van der Waals surface area (Å²) in [6.45, 7) is 2.36. The highest BCUT2D eigenvalue weighted by molar-refractivity contribution is 9.10. The number of aryl methyl sites for hydroxylation is 1. The standard InChI is InChI=1S/C16H14BrN3O/c1-10-6-7-11(12(17)8-10)16(21)18-9-15-19-13-4-2-3-5-14(13)20-15/h2-8H,9H2,1H3,(H,18,21)(H,19,20). The number of halogens is 1. The lowest BCUT2D eigenvalue weighted by Crippen LogP contribution is -2.23. The molecule has 0 radical (unpaired) electrons. The predicted molar refractivity (Wildman–Crippen MR) is 86.1 cm³/mol. The third-order valence-electron chi connectivity index (χ3n) is 3.22. The monoisotopic (exact) mass is 343 g/mol. The second-order valence-electron chi connectivity index (χ2n) is 4.87. The molecule has 1 heterocycles. The number of aromatic nitrogens is 2. The van der Waals surface area contributed by atoms with Crippen LogP contribution in [0.25, 0.3) is 11.0 Å². The van der Waals surface area contributed by atoms with Gasteiger partial charge in [0, 0.05) is 4.47 Å². The normalized spacial score (nSPS) is 10.8. The summed E-state index contributed by atoms with van der Waals surface area (Å²) < 4.78 is 0.796. The van der Waals surface area contributed by atoms with E-state index in [1.165, 1.54) is 0 Å². The number of hydrogen-bond acceptors (Lipinski definition) is 2. The Balaban J connectivity index is 1.73. The molecule has 0 spiro atoms. The molecule has 0 fully saturated rings. The van der Waals surface area contributed by atoms with E-state index in [4.69, 9.17) is 0 Å². The maximum atomic E-state index is 12.2. The van der Waals surface area contributed by atoms with Gasteiger partial charge in [0.15, 0.2) is 0 Å². The smallest absolute Gasteiger partial charge is 0.252 e. The van der Waals surface area contributed by atoms with Crippen LogP contribution >= 0.6 is 15.9 Å². The number of hydrogen-bond donors (Lipinski definition) is 2. The Morgan fingerprint density at radius 2 is 2.10 bits per heavy atom. The number of nitrogens with zero attached hydrogens (tertiary/aromatic N) is 1. The second-order valence-corrected chi connectivity index (χ2v) is 5.72. The molecule has 5 heteroatoms. The van der Waals surface area contributed by atoms with Crippen molar-refractivity contribution in [3.8, 4) is 0 Å². The maximum Gasteiger partial charge on any atom is 0.252 e. The van der Waals surface area contributed by atoms with Crippen LogP contribution in [-0.2, 0) is 6.54 Å². The van der Waals surface area contributed by atoms with Crippen molar-refractivity contribution in [2.24, 2.45) is 0 Å². The van der Waals surface area contributed by atoms with Crippen molar-refractivity contribution in [3.63, 3.8) is 0 Å². The summed E-state index contributed by atoms with van der Waals surface area (Å²) in [5.41, 5.74) is 3.60. The molecule has 1 aromatic heterocycles. The van der Waals surface area contributed by atoms with Gasteiger partial charge in [-0.3, -0.25) is 4.79 Å². The quantitative estimate of drug-likeness (QED) is 0.763. The molecule has 0 saturated carbocycles. The largest absolute Gasteiger partial charge is 0.345 e. The summed E-state index contributed by atoms with van der Waals surface area (Å²) in [5, 5.41) is 2.87. The van der Waals surface area contributed by atoms with Crippen molar-refractivity contribution in [2.75, 3.05) is 0 Å². The summed E-state index contributed by atoms with van der Waals surface area (Å²) in [4.78, 5) is 19.8. The van der Waals surface area contributed by atoms with Crippen LogP contribution < -0.4 is 5.32 Å². The van der Waals surface area contributed by atoms with Crippen LogP contribution in [0.5, 0.6) is 0 Å². The van der Waals surface area contributed by atoms with E-state index in [1.54, 1.807) is 0 Å². The van der Waals surface area contributed by atoms with Gasteiger partial charge in [0.25, 0.3) is 5.91 Å². The molecule has 21 heavy (non-hydrogen) atoms. The minimum atomic E-state index is -0.123. The first-order valence-electron chi connectivity index (χ1n) is 6.61. The van der Waals surface area contributed by atoms with Crippen molar-refractivity contribution in [1.82, 2.24) is 15.3 Å². The zero-order valence-electron chi connectivity index (χ0n) is 11.5. The van der Waals surface area contributed by atoms with Gasteiger partial charge >= 0.3 is 0 Å². The van der Waals surface area contributed by atoms with E-state index >= 15 is 0 Å². The van der Waals surface area contributed by atoms with Crippen molar-refractivity contribution in [3.05, 3.63) is 63.9 Å². The molecule has 1 amide bonds. The number of para-hydroxylation sites is 2. The van der Waals surface area contributed by atoms with E-state index in [9.17, 15) is 4.79 Å². The topological polar surface area (TPSA) is 57.8 Å². The average Bonchev–Trinajstić information content (AvgIpc) is 2.87. The first-order valence-corrected chi connectivity index (χ1v) is 7.41. The lowest BCUT2D eigenvalue weighted by Gasteiger charge is -2.06. The Morgan fingerprint density at radius 3 is 2.86 bits per heavy atom.